The predicted molar refractivity (Wildman–Crippen MR) is 158 cm³/mol. The molecule has 41 heavy (non-hydrogen) atoms. The van der Waals surface area contributed by atoms with Gasteiger partial charge in [-0.1, -0.05) is 64.9 Å². The van der Waals surface area contributed by atoms with Crippen molar-refractivity contribution in [1.82, 2.24) is 20.1 Å². The Hall–Kier alpha value is -2.52. The van der Waals surface area contributed by atoms with Crippen LogP contribution in [0.4, 0.5) is 0 Å². The lowest BCUT2D eigenvalue weighted by Gasteiger charge is -2.41. The normalized spacial score (nSPS) is 18.8. The topological polar surface area (TPSA) is 123 Å². The van der Waals surface area contributed by atoms with Crippen molar-refractivity contribution in [3.8, 4) is 0 Å². The molecule has 0 saturated heterocycles. The molecule has 1 aromatic heterocycles. The zero-order valence-electron chi connectivity index (χ0n) is 25.5. The minimum Gasteiger partial charge on any atom is -0.390 e. The minimum atomic E-state index is -1.18. The number of pyridine rings is 1. The number of carbonyl (C=O) groups excluding carboxylic acids is 3. The summed E-state index contributed by atoms with van der Waals surface area (Å²) < 4.78 is 0. The van der Waals surface area contributed by atoms with Gasteiger partial charge in [0, 0.05) is 45.4 Å². The van der Waals surface area contributed by atoms with E-state index in [0.717, 1.165) is 44.1 Å². The molecule has 3 rings (SSSR count). The van der Waals surface area contributed by atoms with E-state index in [-0.39, 0.29) is 36.6 Å². The fourth-order valence-corrected chi connectivity index (χ4v) is 6.00. The predicted octanol–water partition coefficient (Wildman–Crippen LogP) is 3.53. The van der Waals surface area contributed by atoms with E-state index in [1.165, 1.54) is 16.2 Å². The van der Waals surface area contributed by atoms with E-state index in [2.05, 4.69) is 10.3 Å². The van der Waals surface area contributed by atoms with Gasteiger partial charge >= 0.3 is 0 Å². The molecular formula is C32H52N4O5. The molecule has 0 spiro atoms. The largest absolute Gasteiger partial charge is 0.390 e. The lowest BCUT2D eigenvalue weighted by Crippen LogP contribution is -2.56. The van der Waals surface area contributed by atoms with E-state index >= 15 is 0 Å². The second-order valence-corrected chi connectivity index (χ2v) is 13.0. The average molecular weight is 573 g/mol. The van der Waals surface area contributed by atoms with Crippen LogP contribution in [0.5, 0.6) is 0 Å². The van der Waals surface area contributed by atoms with Crippen LogP contribution in [0.3, 0.4) is 0 Å². The van der Waals surface area contributed by atoms with Crippen LogP contribution in [-0.2, 0) is 20.9 Å². The lowest BCUT2D eigenvalue weighted by atomic mass is 9.81. The monoisotopic (exact) mass is 572 g/mol. The number of nitrogens with one attached hydrogen (secondary N) is 1. The van der Waals surface area contributed by atoms with Crippen molar-refractivity contribution < 1.29 is 24.6 Å². The van der Waals surface area contributed by atoms with Gasteiger partial charge in [0.25, 0.3) is 0 Å². The molecule has 2 aliphatic rings. The van der Waals surface area contributed by atoms with Crippen molar-refractivity contribution in [2.45, 2.75) is 109 Å². The fraction of sp³-hybridized carbons (Fsp3) is 0.750. The Morgan fingerprint density at radius 1 is 1.02 bits per heavy atom. The maximum atomic E-state index is 14.4. The third-order valence-corrected chi connectivity index (χ3v) is 8.60. The Labute approximate surface area is 246 Å². The van der Waals surface area contributed by atoms with Crippen LogP contribution >= 0.6 is 0 Å². The number of aromatic nitrogens is 1. The van der Waals surface area contributed by atoms with Gasteiger partial charge in [0.05, 0.1) is 12.1 Å². The Balaban J connectivity index is 1.86. The van der Waals surface area contributed by atoms with E-state index in [1.54, 1.807) is 26.5 Å². The molecule has 3 N–H and O–H groups in total. The van der Waals surface area contributed by atoms with E-state index in [1.807, 2.05) is 26.0 Å². The van der Waals surface area contributed by atoms with Gasteiger partial charge in [-0.15, -0.1) is 0 Å². The molecule has 1 heterocycles. The van der Waals surface area contributed by atoms with Gasteiger partial charge in [-0.25, -0.2) is 0 Å². The maximum Gasteiger partial charge on any atom is 0.241 e. The Morgan fingerprint density at radius 2 is 1.71 bits per heavy atom. The summed E-state index contributed by atoms with van der Waals surface area (Å²) in [7, 11) is 3.30. The highest BCUT2D eigenvalue weighted by Gasteiger charge is 2.41. The molecule has 2 saturated carbocycles. The van der Waals surface area contributed by atoms with Gasteiger partial charge in [0.15, 0.2) is 0 Å². The highest BCUT2D eigenvalue weighted by atomic mass is 16.3. The lowest BCUT2D eigenvalue weighted by molar-refractivity contribution is -0.151. The summed E-state index contributed by atoms with van der Waals surface area (Å²) in [4.78, 5) is 47.6. The molecule has 0 aliphatic heterocycles. The molecule has 0 unspecified atom stereocenters. The highest BCUT2D eigenvalue weighted by molar-refractivity contribution is 5.89. The highest BCUT2D eigenvalue weighted by Crippen LogP contribution is 2.38. The summed E-state index contributed by atoms with van der Waals surface area (Å²) in [5, 5.41) is 25.5. The van der Waals surface area contributed by atoms with Gasteiger partial charge in [-0.3, -0.25) is 19.4 Å². The van der Waals surface area contributed by atoms with Gasteiger partial charge in [-0.2, -0.15) is 0 Å². The minimum absolute atomic E-state index is 0.0169. The zero-order chi connectivity index (χ0) is 29.9. The second kappa shape index (κ2) is 16.2. The van der Waals surface area contributed by atoms with E-state index < -0.39 is 24.2 Å². The first-order valence-corrected chi connectivity index (χ1v) is 15.6. The summed E-state index contributed by atoms with van der Waals surface area (Å²) in [6.07, 6.45) is 10.2. The molecule has 1 aromatic rings. The number of rotatable bonds is 16. The third-order valence-electron chi connectivity index (χ3n) is 8.60. The second-order valence-electron chi connectivity index (χ2n) is 13.0. The zero-order valence-corrected chi connectivity index (χ0v) is 25.5. The molecule has 3 amide bonds. The van der Waals surface area contributed by atoms with Crippen LogP contribution in [0.2, 0.25) is 0 Å². The molecule has 2 aliphatic carbocycles. The van der Waals surface area contributed by atoms with Gasteiger partial charge < -0.3 is 25.3 Å². The number of carbonyl (C=O) groups is 3. The van der Waals surface area contributed by atoms with E-state index in [4.69, 9.17) is 0 Å². The number of aliphatic hydroxyl groups excluding tert-OH is 2. The smallest absolute Gasteiger partial charge is 0.241 e. The number of nitrogens with zero attached hydrogens (tertiary/aromatic N) is 3. The van der Waals surface area contributed by atoms with Crippen molar-refractivity contribution in [1.29, 1.82) is 0 Å². The molecule has 9 nitrogen and oxygen atoms in total. The van der Waals surface area contributed by atoms with Gasteiger partial charge in [0.1, 0.15) is 12.6 Å². The molecule has 9 heteroatoms. The number of amides is 3. The summed E-state index contributed by atoms with van der Waals surface area (Å²) in [5.41, 5.74) is 0.874. The Morgan fingerprint density at radius 3 is 2.29 bits per heavy atom. The van der Waals surface area contributed by atoms with Crippen LogP contribution in [-0.4, -0.2) is 81.6 Å². The SMILES string of the molecule is CC(C)C[C@H](O)[C@H](O)[C@H](CC1CCCCC1)N(CC(=O)N(C)C)C(=O)[C@@H](CC(=O)NCc1cccnc1)CC1CC1. The van der Waals surface area contributed by atoms with Crippen LogP contribution in [0.25, 0.3) is 0 Å². The van der Waals surface area contributed by atoms with Crippen molar-refractivity contribution in [3.05, 3.63) is 30.1 Å². The molecule has 4 atom stereocenters. The first kappa shape index (κ1) is 33.0. The summed E-state index contributed by atoms with van der Waals surface area (Å²) in [6, 6.07) is 2.99. The molecule has 0 bridgehead atoms. The standard InChI is InChI=1S/C32H52N4O5/c1-22(2)15-28(37)31(40)27(17-23-9-6-5-7-10-23)36(21-30(39)35(3)4)32(41)26(16-24-12-13-24)18-29(38)34-20-25-11-8-14-33-19-25/h8,11,14,19,22-24,26-28,31,37,40H,5-7,9-10,12-13,15-18,20-21H2,1-4H3,(H,34,38)/t26-,27+,28+,31-/m1/s1. The van der Waals surface area contributed by atoms with Crippen molar-refractivity contribution in [2.75, 3.05) is 20.6 Å². The molecular weight excluding hydrogens is 520 g/mol. The van der Waals surface area contributed by atoms with Gasteiger partial charge in [-0.05, 0) is 48.6 Å². The molecule has 0 radical (unpaired) electrons. The maximum absolute atomic E-state index is 14.4. The molecule has 0 aromatic carbocycles. The van der Waals surface area contributed by atoms with Crippen molar-refractivity contribution in [3.63, 3.8) is 0 Å². The summed E-state index contributed by atoms with van der Waals surface area (Å²) in [6.45, 7) is 4.11. The average Bonchev–Trinajstić information content (AvgIpc) is 3.77. The Bertz CT molecular complexity index is 962. The molecule has 230 valence electrons. The first-order chi connectivity index (χ1) is 19.5. The molecule has 2 fully saturated rings. The van der Waals surface area contributed by atoms with E-state index in [0.29, 0.717) is 37.6 Å². The van der Waals surface area contributed by atoms with Crippen LogP contribution in [0.1, 0.15) is 90.0 Å². The summed E-state index contributed by atoms with van der Waals surface area (Å²) in [5.74, 6) is -0.498. The van der Waals surface area contributed by atoms with Crippen molar-refractivity contribution in [2.24, 2.45) is 23.7 Å². The third kappa shape index (κ3) is 11.0. The number of aliphatic hydroxyl groups is 2. The van der Waals surface area contributed by atoms with Crippen LogP contribution in [0, 0.1) is 23.7 Å². The summed E-state index contributed by atoms with van der Waals surface area (Å²) >= 11 is 0. The number of hydrogen-bond acceptors (Lipinski definition) is 6. The first-order valence-electron chi connectivity index (χ1n) is 15.6. The quantitative estimate of drug-likeness (QED) is 0.279. The van der Waals surface area contributed by atoms with E-state index in [9.17, 15) is 24.6 Å². The number of likely N-dealkylation sites (N-methyl/N-ethyl adjacent to an activating group) is 1. The number of hydrogen-bond donors (Lipinski definition) is 3. The van der Waals surface area contributed by atoms with Crippen molar-refractivity contribution >= 4 is 17.7 Å². The van der Waals surface area contributed by atoms with Crippen LogP contribution in [0.15, 0.2) is 24.5 Å². The van der Waals surface area contributed by atoms with Gasteiger partial charge in [0.2, 0.25) is 17.7 Å². The Kier molecular flexibility index (Phi) is 13.0. The fourth-order valence-electron chi connectivity index (χ4n) is 6.00. The van der Waals surface area contributed by atoms with Crippen LogP contribution < -0.4 is 5.32 Å².